The molecule has 27 heavy (non-hydrogen) atoms. The van der Waals surface area contributed by atoms with E-state index in [1.165, 1.54) is 0 Å². The average molecular weight is 410 g/mol. The molecule has 11 heteroatoms. The summed E-state index contributed by atoms with van der Waals surface area (Å²) < 4.78 is 68.1. The topological polar surface area (TPSA) is 92.3 Å². The van der Waals surface area contributed by atoms with Crippen molar-refractivity contribution < 1.29 is 41.8 Å². The summed E-state index contributed by atoms with van der Waals surface area (Å²) in [7, 11) is 0. The number of allylic oxidation sites excluding steroid dienone is 2. The molecule has 1 aliphatic rings. The molecule has 1 heterocycles. The van der Waals surface area contributed by atoms with Gasteiger partial charge in [-0.05, 0) is 19.1 Å². The number of aliphatic carboxylic acids is 2. The first kappa shape index (κ1) is 20.7. The molecule has 5 nitrogen and oxygen atoms in total. The van der Waals surface area contributed by atoms with Crippen LogP contribution < -0.4 is 15.5 Å². The maximum Gasteiger partial charge on any atom is 0.418 e. The minimum absolute atomic E-state index is 0.412. The number of hydrogen-bond acceptors (Lipinski definition) is 5. The van der Waals surface area contributed by atoms with Gasteiger partial charge in [0.2, 0.25) is 0 Å². The molecule has 0 radical (unpaired) electrons. The van der Waals surface area contributed by atoms with Crippen LogP contribution in [0.5, 0.6) is 0 Å². The van der Waals surface area contributed by atoms with Gasteiger partial charge in [0.05, 0.1) is 28.2 Å². The minimum Gasteiger partial charge on any atom is -0.545 e. The number of benzene rings is 1. The number of alkyl halides is 4. The molecule has 1 N–H and O–H groups in total. The van der Waals surface area contributed by atoms with Crippen LogP contribution in [-0.2, 0) is 15.8 Å². The van der Waals surface area contributed by atoms with E-state index in [2.05, 4.69) is 5.32 Å². The largest absolute Gasteiger partial charge is 0.545 e. The number of carbonyl (C=O) groups is 2. The van der Waals surface area contributed by atoms with Crippen LogP contribution >= 0.6 is 11.6 Å². The van der Waals surface area contributed by atoms with E-state index in [1.54, 1.807) is 0 Å². The van der Waals surface area contributed by atoms with Crippen LogP contribution in [0.15, 0.2) is 34.7 Å². The average Bonchev–Trinajstić information content (AvgIpc) is 2.53. The highest BCUT2D eigenvalue weighted by molar-refractivity contribution is 6.31. The molecule has 1 unspecified atom stereocenters. The number of halogens is 6. The van der Waals surface area contributed by atoms with Gasteiger partial charge in [-0.1, -0.05) is 11.6 Å². The Morgan fingerprint density at radius 1 is 1.19 bits per heavy atom. The van der Waals surface area contributed by atoms with Crippen molar-refractivity contribution in [3.8, 4) is 0 Å². The Bertz CT molecular complexity index is 892. The molecule has 0 amide bonds. The Labute approximate surface area is 153 Å². The Morgan fingerprint density at radius 2 is 1.74 bits per heavy atom. The van der Waals surface area contributed by atoms with Gasteiger partial charge in [0.25, 0.3) is 0 Å². The van der Waals surface area contributed by atoms with Crippen molar-refractivity contribution in [2.24, 2.45) is 0 Å². The van der Waals surface area contributed by atoms with Crippen molar-refractivity contribution in [1.29, 1.82) is 0 Å². The molecule has 2 rings (SSSR count). The fourth-order valence-electron chi connectivity index (χ4n) is 2.94. The van der Waals surface area contributed by atoms with Gasteiger partial charge in [0, 0.05) is 28.3 Å². The number of rotatable bonds is 4. The molecule has 0 aliphatic carbocycles. The molecule has 1 aliphatic heterocycles. The van der Waals surface area contributed by atoms with Gasteiger partial charge in [-0.15, -0.1) is 0 Å². The zero-order valence-corrected chi connectivity index (χ0v) is 14.1. The lowest BCUT2D eigenvalue weighted by atomic mass is 9.78. The number of dihydropyridines is 1. The first-order chi connectivity index (χ1) is 12.4. The van der Waals surface area contributed by atoms with Crippen LogP contribution in [0.4, 0.5) is 22.0 Å². The van der Waals surface area contributed by atoms with Crippen LogP contribution in [0.25, 0.3) is 0 Å². The summed E-state index contributed by atoms with van der Waals surface area (Å²) in [4.78, 5) is 23.0. The van der Waals surface area contributed by atoms with Crippen molar-refractivity contribution in [3.05, 3.63) is 56.6 Å². The van der Waals surface area contributed by atoms with Crippen LogP contribution in [0, 0.1) is 5.82 Å². The summed E-state index contributed by atoms with van der Waals surface area (Å²) in [5.74, 6) is -8.20. The van der Waals surface area contributed by atoms with E-state index in [-0.39, 0.29) is 0 Å². The molecule has 1 atom stereocenters. The van der Waals surface area contributed by atoms with Gasteiger partial charge in [0.15, 0.2) is 0 Å². The highest BCUT2D eigenvalue weighted by Gasteiger charge is 2.43. The van der Waals surface area contributed by atoms with Gasteiger partial charge >= 0.3 is 6.18 Å². The first-order valence-electron chi connectivity index (χ1n) is 7.16. The second-order valence-electron chi connectivity index (χ2n) is 5.51. The monoisotopic (exact) mass is 409 g/mol. The van der Waals surface area contributed by atoms with Gasteiger partial charge < -0.3 is 25.1 Å². The number of carbonyl (C=O) groups excluding carboxylic acids is 2. The fraction of sp³-hybridized carbons (Fsp3) is 0.250. The molecule has 0 bridgehead atoms. The molecule has 146 valence electrons. The molecule has 1 aromatic rings. The quantitative estimate of drug-likeness (QED) is 0.754. The van der Waals surface area contributed by atoms with Gasteiger partial charge in [-0.2, -0.15) is 13.2 Å². The van der Waals surface area contributed by atoms with Crippen LogP contribution in [0.2, 0.25) is 5.02 Å². The number of hydrogen-bond donors (Lipinski definition) is 1. The van der Waals surface area contributed by atoms with E-state index in [9.17, 15) is 41.8 Å². The minimum atomic E-state index is -5.27. The molecular formula is C16H9ClF5NO4-2. The first-order valence-corrected chi connectivity index (χ1v) is 7.54. The third kappa shape index (κ3) is 3.61. The second kappa shape index (κ2) is 7.18. The lowest BCUT2D eigenvalue weighted by molar-refractivity contribution is -0.300. The normalized spacial score (nSPS) is 17.8. The molecule has 0 fully saturated rings. The summed E-state index contributed by atoms with van der Waals surface area (Å²) in [5.41, 5.74) is -6.55. The van der Waals surface area contributed by atoms with E-state index in [0.29, 0.717) is 12.1 Å². The number of nitrogens with one attached hydrogen (secondary N) is 1. The van der Waals surface area contributed by atoms with E-state index in [0.717, 1.165) is 6.92 Å². The summed E-state index contributed by atoms with van der Waals surface area (Å²) in [6.45, 7) is -0.476. The predicted molar refractivity (Wildman–Crippen MR) is 78.0 cm³/mol. The smallest absolute Gasteiger partial charge is 0.418 e. The summed E-state index contributed by atoms with van der Waals surface area (Å²) in [6.07, 6.45) is -5.27. The molecule has 0 aromatic heterocycles. The van der Waals surface area contributed by atoms with E-state index < -0.39 is 75.2 Å². The van der Waals surface area contributed by atoms with Crippen LogP contribution in [-0.4, -0.2) is 18.6 Å². The van der Waals surface area contributed by atoms with Crippen molar-refractivity contribution in [3.63, 3.8) is 0 Å². The Balaban J connectivity index is 3.00. The molecule has 1 aromatic carbocycles. The van der Waals surface area contributed by atoms with E-state index in [1.807, 2.05) is 0 Å². The Morgan fingerprint density at radius 3 is 2.19 bits per heavy atom. The summed E-state index contributed by atoms with van der Waals surface area (Å²) >= 11 is 5.53. The maximum absolute atomic E-state index is 14.4. The summed E-state index contributed by atoms with van der Waals surface area (Å²) in [5, 5.41) is 24.1. The zero-order valence-electron chi connectivity index (χ0n) is 13.3. The molecular weight excluding hydrogens is 401 g/mol. The van der Waals surface area contributed by atoms with Crippen LogP contribution in [0.1, 0.15) is 24.0 Å². The third-order valence-corrected chi connectivity index (χ3v) is 4.25. The van der Waals surface area contributed by atoms with Crippen molar-refractivity contribution >= 4 is 23.5 Å². The third-order valence-electron chi connectivity index (χ3n) is 3.93. The predicted octanol–water partition coefficient (Wildman–Crippen LogP) is 1.18. The number of carboxylic acids is 2. The lowest BCUT2D eigenvalue weighted by Gasteiger charge is -2.35. The molecule has 0 saturated carbocycles. The van der Waals surface area contributed by atoms with Gasteiger partial charge in [-0.3, -0.25) is 0 Å². The van der Waals surface area contributed by atoms with Gasteiger partial charge in [-0.25, -0.2) is 8.78 Å². The SMILES string of the molecule is CC1=C(C(=O)[O-])C(c2c(F)ccc(Cl)c2C(F)(F)F)C(C(=O)[O-])=C(CF)N1. The molecule has 0 saturated heterocycles. The lowest BCUT2D eigenvalue weighted by Crippen LogP contribution is -2.41. The number of carboxylic acid groups (broad SMARTS) is 2. The highest BCUT2D eigenvalue weighted by atomic mass is 35.5. The standard InChI is InChI=1S/C16H11ClF5NO4/c1-5-9(14(24)25)12(11(15(26)27)8(4-18)23-5)10-7(19)3-2-6(17)13(10)16(20,21)22/h2-3,12,23H,4H2,1H3,(H,24,25)(H,26,27)/p-2. The Kier molecular flexibility index (Phi) is 5.50. The van der Waals surface area contributed by atoms with Crippen molar-refractivity contribution in [1.82, 2.24) is 5.32 Å². The fourth-order valence-corrected chi connectivity index (χ4v) is 3.21. The highest BCUT2D eigenvalue weighted by Crippen LogP contribution is 2.47. The second-order valence-corrected chi connectivity index (χ2v) is 5.92. The van der Waals surface area contributed by atoms with Gasteiger partial charge in [0.1, 0.15) is 12.5 Å². The van der Waals surface area contributed by atoms with Crippen LogP contribution in [0.3, 0.4) is 0 Å². The van der Waals surface area contributed by atoms with Crippen molar-refractivity contribution in [2.75, 3.05) is 6.67 Å². The maximum atomic E-state index is 14.4. The molecule has 0 spiro atoms. The summed E-state index contributed by atoms with van der Waals surface area (Å²) in [6, 6.07) is 1.09. The Hall–Kier alpha value is -2.62. The van der Waals surface area contributed by atoms with E-state index in [4.69, 9.17) is 11.6 Å². The van der Waals surface area contributed by atoms with E-state index >= 15 is 0 Å². The van der Waals surface area contributed by atoms with Crippen molar-refractivity contribution in [2.45, 2.75) is 19.0 Å². The zero-order chi connectivity index (χ0) is 20.7.